The molecule has 1 fully saturated rings. The number of hydrogen-bond acceptors (Lipinski definition) is 5. The van der Waals surface area contributed by atoms with Gasteiger partial charge < -0.3 is 14.2 Å². The number of hydrogen-bond donors (Lipinski definition) is 0. The summed E-state index contributed by atoms with van der Waals surface area (Å²) < 4.78 is 16.2. The van der Waals surface area contributed by atoms with Gasteiger partial charge in [-0.3, -0.25) is 9.69 Å². The number of ether oxygens (including phenoxy) is 3. The van der Waals surface area contributed by atoms with Crippen molar-refractivity contribution in [1.82, 2.24) is 4.90 Å². The highest BCUT2D eigenvalue weighted by molar-refractivity contribution is 5.81. The zero-order chi connectivity index (χ0) is 16.5. The minimum absolute atomic E-state index is 0.00459. The van der Waals surface area contributed by atoms with E-state index in [0.717, 1.165) is 5.56 Å². The van der Waals surface area contributed by atoms with Gasteiger partial charge >= 0.3 is 0 Å². The van der Waals surface area contributed by atoms with E-state index in [1.165, 1.54) is 0 Å². The third-order valence-corrected chi connectivity index (χ3v) is 4.54. The second-order valence-corrected chi connectivity index (χ2v) is 6.32. The SMILES string of the molecule is COc1cc([C@@H]2CC(=O)CC(C)(C)N2C)cc(OC)c1OC. The number of benzene rings is 1. The summed E-state index contributed by atoms with van der Waals surface area (Å²) >= 11 is 0. The summed E-state index contributed by atoms with van der Waals surface area (Å²) in [5.41, 5.74) is 0.832. The van der Waals surface area contributed by atoms with Gasteiger partial charge in [-0.2, -0.15) is 0 Å². The van der Waals surface area contributed by atoms with E-state index < -0.39 is 0 Å². The van der Waals surface area contributed by atoms with Crippen molar-refractivity contribution in [3.8, 4) is 17.2 Å². The van der Waals surface area contributed by atoms with Crippen LogP contribution < -0.4 is 14.2 Å². The van der Waals surface area contributed by atoms with E-state index in [9.17, 15) is 4.79 Å². The molecule has 1 aliphatic heterocycles. The summed E-state index contributed by atoms with van der Waals surface area (Å²) in [5.74, 6) is 2.07. The van der Waals surface area contributed by atoms with Crippen molar-refractivity contribution in [2.24, 2.45) is 0 Å². The van der Waals surface area contributed by atoms with Crippen LogP contribution in [0.15, 0.2) is 12.1 Å². The Morgan fingerprint density at radius 3 is 2.09 bits per heavy atom. The number of carbonyl (C=O) groups is 1. The van der Waals surface area contributed by atoms with Crippen LogP contribution in [0.3, 0.4) is 0 Å². The van der Waals surface area contributed by atoms with Gasteiger partial charge in [0.2, 0.25) is 5.75 Å². The number of carbonyl (C=O) groups excluding carboxylic acids is 1. The standard InChI is InChI=1S/C17H25NO4/c1-17(2)10-12(19)9-13(18(17)3)11-7-14(20-4)16(22-6)15(8-11)21-5/h7-8,13H,9-10H2,1-6H3/t13-/m0/s1. The molecule has 1 atom stereocenters. The van der Waals surface area contributed by atoms with E-state index in [1.54, 1.807) is 21.3 Å². The topological polar surface area (TPSA) is 48.0 Å². The minimum atomic E-state index is -0.166. The van der Waals surface area contributed by atoms with Crippen molar-refractivity contribution in [3.05, 3.63) is 17.7 Å². The number of rotatable bonds is 4. The first kappa shape index (κ1) is 16.6. The molecule has 1 heterocycles. The third kappa shape index (κ3) is 2.90. The quantitative estimate of drug-likeness (QED) is 0.856. The van der Waals surface area contributed by atoms with Crippen LogP contribution in [0.1, 0.15) is 38.3 Å². The summed E-state index contributed by atoms with van der Waals surface area (Å²) in [4.78, 5) is 14.4. The van der Waals surface area contributed by atoms with Gasteiger partial charge in [-0.15, -0.1) is 0 Å². The fraction of sp³-hybridized carbons (Fsp3) is 0.588. The highest BCUT2D eigenvalue weighted by Gasteiger charge is 2.39. The Labute approximate surface area is 132 Å². The van der Waals surface area contributed by atoms with Gasteiger partial charge in [-0.25, -0.2) is 0 Å². The molecule has 0 N–H and O–H groups in total. The molecular weight excluding hydrogens is 282 g/mol. The molecule has 122 valence electrons. The van der Waals surface area contributed by atoms with Crippen molar-refractivity contribution in [1.29, 1.82) is 0 Å². The molecule has 0 spiro atoms. The number of nitrogens with zero attached hydrogens (tertiary/aromatic N) is 1. The second-order valence-electron chi connectivity index (χ2n) is 6.32. The Morgan fingerprint density at radius 2 is 1.64 bits per heavy atom. The number of likely N-dealkylation sites (tertiary alicyclic amines) is 1. The molecular formula is C17H25NO4. The predicted molar refractivity (Wildman–Crippen MR) is 84.9 cm³/mol. The maximum absolute atomic E-state index is 12.1. The molecule has 0 bridgehead atoms. The van der Waals surface area contributed by atoms with Gasteiger partial charge in [0.25, 0.3) is 0 Å². The number of methoxy groups -OCH3 is 3. The van der Waals surface area contributed by atoms with E-state index in [4.69, 9.17) is 14.2 Å². The molecule has 0 aromatic heterocycles. The highest BCUT2D eigenvalue weighted by Crippen LogP contribution is 2.44. The Kier molecular flexibility index (Phi) is 4.66. The molecule has 1 aromatic rings. The zero-order valence-corrected chi connectivity index (χ0v) is 14.2. The second kappa shape index (κ2) is 6.16. The summed E-state index contributed by atoms with van der Waals surface area (Å²) in [6, 6.07) is 3.86. The van der Waals surface area contributed by atoms with Crippen molar-refractivity contribution >= 4 is 5.78 Å². The molecule has 0 saturated carbocycles. The predicted octanol–water partition coefficient (Wildman–Crippen LogP) is 2.83. The summed E-state index contributed by atoms with van der Waals surface area (Å²) in [7, 11) is 6.83. The van der Waals surface area contributed by atoms with E-state index in [-0.39, 0.29) is 17.4 Å². The van der Waals surface area contributed by atoms with Crippen LogP contribution in [0.4, 0.5) is 0 Å². The minimum Gasteiger partial charge on any atom is -0.493 e. The van der Waals surface area contributed by atoms with Crippen LogP contribution in [0.2, 0.25) is 0 Å². The van der Waals surface area contributed by atoms with E-state index in [1.807, 2.05) is 12.1 Å². The lowest BCUT2D eigenvalue weighted by molar-refractivity contribution is -0.127. The Balaban J connectivity index is 2.49. The lowest BCUT2D eigenvalue weighted by Gasteiger charge is -2.45. The highest BCUT2D eigenvalue weighted by atomic mass is 16.5. The van der Waals surface area contributed by atoms with E-state index in [0.29, 0.717) is 30.1 Å². The largest absolute Gasteiger partial charge is 0.493 e. The van der Waals surface area contributed by atoms with Gasteiger partial charge in [0.1, 0.15) is 5.78 Å². The van der Waals surface area contributed by atoms with Gasteiger partial charge in [0, 0.05) is 24.4 Å². The normalized spacial score (nSPS) is 21.5. The third-order valence-electron chi connectivity index (χ3n) is 4.54. The van der Waals surface area contributed by atoms with Crippen LogP contribution in [0.25, 0.3) is 0 Å². The molecule has 1 saturated heterocycles. The first-order chi connectivity index (χ1) is 10.3. The van der Waals surface area contributed by atoms with Gasteiger partial charge in [-0.1, -0.05) is 0 Å². The molecule has 5 heteroatoms. The Morgan fingerprint density at radius 1 is 1.09 bits per heavy atom. The van der Waals surface area contributed by atoms with Crippen molar-refractivity contribution in [3.63, 3.8) is 0 Å². The first-order valence-electron chi connectivity index (χ1n) is 7.38. The average Bonchev–Trinajstić information content (AvgIpc) is 2.48. The van der Waals surface area contributed by atoms with E-state index >= 15 is 0 Å². The average molecular weight is 307 g/mol. The molecule has 0 aliphatic carbocycles. The van der Waals surface area contributed by atoms with Crippen molar-refractivity contribution in [2.75, 3.05) is 28.4 Å². The Bertz CT molecular complexity index is 543. The monoisotopic (exact) mass is 307 g/mol. The Hall–Kier alpha value is -1.75. The molecule has 0 radical (unpaired) electrons. The number of ketones is 1. The lowest BCUT2D eigenvalue weighted by Crippen LogP contribution is -2.49. The van der Waals surface area contributed by atoms with Crippen LogP contribution >= 0.6 is 0 Å². The summed E-state index contributed by atoms with van der Waals surface area (Å²) in [6.45, 7) is 4.18. The maximum atomic E-state index is 12.1. The summed E-state index contributed by atoms with van der Waals surface area (Å²) in [6.07, 6.45) is 1.07. The number of piperidine rings is 1. The van der Waals surface area contributed by atoms with Crippen LogP contribution in [-0.4, -0.2) is 44.6 Å². The fourth-order valence-electron chi connectivity index (χ4n) is 3.09. The smallest absolute Gasteiger partial charge is 0.203 e. The summed E-state index contributed by atoms with van der Waals surface area (Å²) in [5, 5.41) is 0. The van der Waals surface area contributed by atoms with Gasteiger partial charge in [0.15, 0.2) is 11.5 Å². The van der Waals surface area contributed by atoms with Crippen molar-refractivity contribution < 1.29 is 19.0 Å². The molecule has 22 heavy (non-hydrogen) atoms. The molecule has 2 rings (SSSR count). The zero-order valence-electron chi connectivity index (χ0n) is 14.2. The fourth-order valence-corrected chi connectivity index (χ4v) is 3.09. The van der Waals surface area contributed by atoms with Crippen LogP contribution in [0.5, 0.6) is 17.2 Å². The van der Waals surface area contributed by atoms with Crippen LogP contribution in [0, 0.1) is 0 Å². The van der Waals surface area contributed by atoms with Crippen LogP contribution in [-0.2, 0) is 4.79 Å². The first-order valence-corrected chi connectivity index (χ1v) is 7.38. The molecule has 1 aromatic carbocycles. The van der Waals surface area contributed by atoms with Gasteiger partial charge in [0.05, 0.1) is 21.3 Å². The van der Waals surface area contributed by atoms with Gasteiger partial charge in [-0.05, 0) is 38.6 Å². The van der Waals surface area contributed by atoms with Crippen molar-refractivity contribution in [2.45, 2.75) is 38.3 Å². The molecule has 0 amide bonds. The molecule has 0 unspecified atom stereocenters. The molecule has 1 aliphatic rings. The van der Waals surface area contributed by atoms with E-state index in [2.05, 4.69) is 25.8 Å². The molecule has 5 nitrogen and oxygen atoms in total. The lowest BCUT2D eigenvalue weighted by atomic mass is 9.83. The number of Topliss-reactive ketones (excluding diaryl/α,β-unsaturated/α-hetero) is 1. The maximum Gasteiger partial charge on any atom is 0.203 e.